The molecule has 4 aromatic carbocycles. The molecule has 0 saturated heterocycles. The Balaban J connectivity index is 0.000000375. The van der Waals surface area contributed by atoms with Gasteiger partial charge in [0.25, 0.3) is 0 Å². The molecule has 0 bridgehead atoms. The lowest BCUT2D eigenvalue weighted by atomic mass is 10.00. The van der Waals surface area contributed by atoms with Crippen molar-refractivity contribution in [1.29, 1.82) is 0 Å². The lowest BCUT2D eigenvalue weighted by Gasteiger charge is -2.05. The summed E-state index contributed by atoms with van der Waals surface area (Å²) in [4.78, 5) is 37.2. The molecule has 8 heteroatoms. The van der Waals surface area contributed by atoms with E-state index >= 15 is 0 Å². The van der Waals surface area contributed by atoms with E-state index in [0.29, 0.717) is 40.2 Å². The number of carbonyl (C=O) groups is 3. The summed E-state index contributed by atoms with van der Waals surface area (Å²) in [6, 6.07) is 34.6. The van der Waals surface area contributed by atoms with Crippen molar-refractivity contribution in [3.8, 4) is 5.75 Å². The zero-order chi connectivity index (χ0) is 45.7. The molecular formula is C52H69NO6S. The number of methoxy groups -OCH3 is 1. The number of aromatic nitrogens is 1. The van der Waals surface area contributed by atoms with Crippen LogP contribution in [0.15, 0.2) is 120 Å². The van der Waals surface area contributed by atoms with E-state index in [1.54, 1.807) is 45.4 Å². The molecule has 0 amide bonds. The fourth-order valence-electron chi connectivity index (χ4n) is 5.26. The fourth-order valence-corrected chi connectivity index (χ4v) is 5.89. The smallest absolute Gasteiger partial charge is 0.178 e. The molecular weight excluding hydrogens is 767 g/mol. The maximum absolute atomic E-state index is 11.1. The molecule has 0 fully saturated rings. The van der Waals surface area contributed by atoms with Crippen molar-refractivity contribution in [1.82, 2.24) is 4.98 Å². The van der Waals surface area contributed by atoms with Gasteiger partial charge in [0.2, 0.25) is 0 Å². The van der Waals surface area contributed by atoms with Crippen molar-refractivity contribution in [3.05, 3.63) is 160 Å². The number of nitrogens with zero attached hydrogens (tertiary/aromatic N) is 1. The Labute approximate surface area is 362 Å². The van der Waals surface area contributed by atoms with Crippen LogP contribution in [0.4, 0.5) is 0 Å². The Morgan fingerprint density at radius 1 is 0.483 bits per heavy atom. The molecule has 0 saturated carbocycles. The number of carbonyl (C=O) groups excluding carboxylic acids is 3. The predicted molar refractivity (Wildman–Crippen MR) is 250 cm³/mol. The highest BCUT2D eigenvalue weighted by molar-refractivity contribution is 7.90. The van der Waals surface area contributed by atoms with Gasteiger partial charge in [0.1, 0.15) is 11.4 Å². The molecule has 324 valence electrons. The molecule has 0 aliphatic carbocycles. The van der Waals surface area contributed by atoms with E-state index in [0.717, 1.165) is 22.4 Å². The first-order valence-electron chi connectivity index (χ1n) is 20.6. The van der Waals surface area contributed by atoms with Gasteiger partial charge >= 0.3 is 0 Å². The maximum Gasteiger partial charge on any atom is 0.178 e. The highest BCUT2D eigenvalue weighted by atomic mass is 32.2. The monoisotopic (exact) mass is 835 g/mol. The maximum atomic E-state index is 11.1. The standard InChI is InChI=1S/2C11H14O.C10H13NO.C10H14O2S.C10H14O/c1-8(2)10-4-6-11(7-5-10)9(3)12;1-8(2)10-5-4-6-11(7-10)9(3)12;1-7(2)9-4-5-10(8(3)12)11-6-9;1-8(2)9-4-6-10(7-5-9)13(3,11)12;1-8(2)9-4-6-10(11-3)7-5-9/h2*4-8H,1-3H3;4-7H,1-3H3;4-8H,1-3H3;4-8H,1-3H3. The number of benzene rings is 4. The van der Waals surface area contributed by atoms with E-state index in [1.165, 1.54) is 35.4 Å². The Kier molecular flexibility index (Phi) is 23.0. The quantitative estimate of drug-likeness (QED) is 0.129. The van der Waals surface area contributed by atoms with Gasteiger partial charge in [0.15, 0.2) is 27.2 Å². The number of ketones is 3. The van der Waals surface area contributed by atoms with Crippen LogP contribution < -0.4 is 4.74 Å². The molecule has 0 atom stereocenters. The minimum Gasteiger partial charge on any atom is -0.497 e. The molecule has 60 heavy (non-hydrogen) atoms. The van der Waals surface area contributed by atoms with Crippen molar-refractivity contribution in [2.24, 2.45) is 0 Å². The van der Waals surface area contributed by atoms with Gasteiger partial charge in [0.05, 0.1) is 12.0 Å². The van der Waals surface area contributed by atoms with Gasteiger partial charge in [-0.15, -0.1) is 0 Å². The predicted octanol–water partition coefficient (Wildman–Crippen LogP) is 13.5. The Morgan fingerprint density at radius 2 is 0.883 bits per heavy atom. The van der Waals surface area contributed by atoms with Crippen LogP contribution >= 0.6 is 0 Å². The minimum atomic E-state index is -3.05. The van der Waals surface area contributed by atoms with Crippen LogP contribution in [0.2, 0.25) is 0 Å². The molecule has 1 aromatic heterocycles. The summed E-state index contributed by atoms with van der Waals surface area (Å²) in [7, 11) is -1.36. The van der Waals surface area contributed by atoms with E-state index < -0.39 is 9.84 Å². The van der Waals surface area contributed by atoms with E-state index in [-0.39, 0.29) is 17.3 Å². The van der Waals surface area contributed by atoms with Crippen molar-refractivity contribution >= 4 is 27.2 Å². The van der Waals surface area contributed by atoms with Crippen LogP contribution in [-0.4, -0.2) is 44.1 Å². The summed E-state index contributed by atoms with van der Waals surface area (Å²) in [5.74, 6) is 3.74. The van der Waals surface area contributed by atoms with Gasteiger partial charge in [-0.25, -0.2) is 8.42 Å². The van der Waals surface area contributed by atoms with Crippen LogP contribution in [0.3, 0.4) is 0 Å². The van der Waals surface area contributed by atoms with Gasteiger partial charge in [-0.2, -0.15) is 0 Å². The molecule has 7 nitrogen and oxygen atoms in total. The SMILES string of the molecule is CC(=O)c1ccc(C(C)C)cc1.CC(=O)c1ccc(C(C)C)cn1.CC(=O)c1cccc(C(C)C)c1.CC(C)c1ccc(S(C)(=O)=O)cc1.COc1ccc(C(C)C)cc1. The number of hydrogen-bond donors (Lipinski definition) is 0. The number of hydrogen-bond acceptors (Lipinski definition) is 7. The first-order valence-corrected chi connectivity index (χ1v) is 22.5. The van der Waals surface area contributed by atoms with Gasteiger partial charge in [-0.05, 0) is 108 Å². The van der Waals surface area contributed by atoms with Gasteiger partial charge in [-0.3, -0.25) is 19.4 Å². The summed E-state index contributed by atoms with van der Waals surface area (Å²) >= 11 is 0. The second kappa shape index (κ2) is 26.1. The van der Waals surface area contributed by atoms with Gasteiger partial charge in [-0.1, -0.05) is 142 Å². The molecule has 0 spiro atoms. The lowest BCUT2D eigenvalue weighted by Crippen LogP contribution is -1.97. The van der Waals surface area contributed by atoms with Crippen LogP contribution in [0.5, 0.6) is 5.75 Å². The topological polar surface area (TPSA) is 107 Å². The number of rotatable bonds is 10. The molecule has 0 aliphatic rings. The van der Waals surface area contributed by atoms with E-state index in [9.17, 15) is 22.8 Å². The van der Waals surface area contributed by atoms with E-state index in [1.807, 2.05) is 72.8 Å². The summed E-state index contributed by atoms with van der Waals surface area (Å²) in [6.07, 6.45) is 2.98. The number of pyridine rings is 1. The van der Waals surface area contributed by atoms with Gasteiger partial charge in [0, 0.05) is 30.5 Å². The molecule has 5 rings (SSSR count). The van der Waals surface area contributed by atoms with Crippen LogP contribution in [0, 0.1) is 0 Å². The fraction of sp³-hybridized carbons (Fsp3) is 0.385. The van der Waals surface area contributed by atoms with Crippen molar-refractivity contribution in [2.45, 2.75) is 124 Å². The highest BCUT2D eigenvalue weighted by Crippen LogP contribution is 2.20. The summed E-state index contributed by atoms with van der Waals surface area (Å²) in [5, 5.41) is 0. The van der Waals surface area contributed by atoms with Crippen LogP contribution in [0.25, 0.3) is 0 Å². The summed E-state index contributed by atoms with van der Waals surface area (Å²) in [6.45, 7) is 26.0. The summed E-state index contributed by atoms with van der Waals surface area (Å²) < 4.78 is 27.3. The van der Waals surface area contributed by atoms with Crippen molar-refractivity contribution < 1.29 is 27.5 Å². The first kappa shape index (κ1) is 52.8. The largest absolute Gasteiger partial charge is 0.497 e. The summed E-state index contributed by atoms with van der Waals surface area (Å²) in [5.41, 5.74) is 8.32. The van der Waals surface area contributed by atoms with Crippen LogP contribution in [-0.2, 0) is 9.84 Å². The average molecular weight is 836 g/mol. The molecule has 0 unspecified atom stereocenters. The van der Waals surface area contributed by atoms with E-state index in [2.05, 4.69) is 92.4 Å². The third-order valence-corrected chi connectivity index (χ3v) is 10.6. The number of ether oxygens (including phenoxy) is 1. The molecule has 0 N–H and O–H groups in total. The second-order valence-electron chi connectivity index (χ2n) is 16.3. The molecule has 0 radical (unpaired) electrons. The number of Topliss-reactive ketones (excluding diaryl/α,β-unsaturated/α-hetero) is 3. The Hall–Kier alpha value is -5.21. The van der Waals surface area contributed by atoms with Crippen molar-refractivity contribution in [2.75, 3.05) is 13.4 Å². The Bertz CT molecular complexity index is 2090. The Morgan fingerprint density at radius 3 is 1.22 bits per heavy atom. The first-order chi connectivity index (χ1) is 28.0. The third-order valence-electron chi connectivity index (χ3n) is 9.51. The average Bonchev–Trinajstić information content (AvgIpc) is 3.21. The normalized spacial score (nSPS) is 10.7. The van der Waals surface area contributed by atoms with E-state index in [4.69, 9.17) is 4.74 Å². The molecule has 1 heterocycles. The second-order valence-corrected chi connectivity index (χ2v) is 18.3. The minimum absolute atomic E-state index is 0.0188. The molecule has 5 aromatic rings. The van der Waals surface area contributed by atoms with Crippen LogP contribution in [0.1, 0.15) is 179 Å². The third kappa shape index (κ3) is 19.7. The zero-order valence-electron chi connectivity index (χ0n) is 38.7. The lowest BCUT2D eigenvalue weighted by molar-refractivity contribution is 0.100. The van der Waals surface area contributed by atoms with Gasteiger partial charge < -0.3 is 4.74 Å². The zero-order valence-corrected chi connectivity index (χ0v) is 39.5. The highest BCUT2D eigenvalue weighted by Gasteiger charge is 2.07. The van der Waals surface area contributed by atoms with Crippen molar-refractivity contribution in [3.63, 3.8) is 0 Å². The molecule has 0 aliphatic heterocycles. The number of sulfone groups is 1.